The van der Waals surface area contributed by atoms with Gasteiger partial charge in [-0.1, -0.05) is 29.8 Å². The van der Waals surface area contributed by atoms with Crippen LogP contribution in [0.4, 0.5) is 18.9 Å². The number of rotatable bonds is 4. The van der Waals surface area contributed by atoms with Gasteiger partial charge in [0.15, 0.2) is 5.17 Å². The Morgan fingerprint density at radius 1 is 1.24 bits per heavy atom. The van der Waals surface area contributed by atoms with E-state index in [2.05, 4.69) is 20.8 Å². The zero-order chi connectivity index (χ0) is 21.0. The lowest BCUT2D eigenvalue weighted by Crippen LogP contribution is -2.28. The number of carbonyl (C=O) groups is 2. The molecule has 1 atom stereocenters. The van der Waals surface area contributed by atoms with E-state index in [1.54, 1.807) is 0 Å². The van der Waals surface area contributed by atoms with E-state index in [0.29, 0.717) is 0 Å². The van der Waals surface area contributed by atoms with Crippen LogP contribution in [0.15, 0.2) is 28.4 Å². The van der Waals surface area contributed by atoms with Crippen LogP contribution >= 0.6 is 23.4 Å². The van der Waals surface area contributed by atoms with Gasteiger partial charge < -0.3 is 10.6 Å². The smallest absolute Gasteiger partial charge is 0.325 e. The van der Waals surface area contributed by atoms with Gasteiger partial charge >= 0.3 is 6.18 Å². The van der Waals surface area contributed by atoms with Crippen molar-refractivity contribution >= 4 is 51.7 Å². The molecule has 1 aromatic rings. The number of carbonyl (C=O) groups excluding carboxylic acids is 2. The van der Waals surface area contributed by atoms with Gasteiger partial charge in [0, 0.05) is 17.2 Å². The van der Waals surface area contributed by atoms with Crippen molar-refractivity contribution in [2.75, 3.05) is 5.32 Å². The van der Waals surface area contributed by atoms with Crippen molar-refractivity contribution in [1.29, 1.82) is 0 Å². The van der Waals surface area contributed by atoms with Crippen LogP contribution in [0.5, 0.6) is 0 Å². The van der Waals surface area contributed by atoms with Crippen LogP contribution in [0.1, 0.15) is 44.1 Å². The summed E-state index contributed by atoms with van der Waals surface area (Å²) in [4.78, 5) is 24.3. The summed E-state index contributed by atoms with van der Waals surface area (Å²) < 4.78 is 39.4. The molecule has 156 valence electrons. The van der Waals surface area contributed by atoms with E-state index in [1.165, 1.54) is 12.5 Å². The lowest BCUT2D eigenvalue weighted by Gasteiger charge is -2.14. The number of nitrogens with one attached hydrogen (secondary N) is 2. The zero-order valence-electron chi connectivity index (χ0n) is 15.2. The van der Waals surface area contributed by atoms with Gasteiger partial charge in [0.05, 0.1) is 11.3 Å². The van der Waals surface area contributed by atoms with Gasteiger partial charge in [0.25, 0.3) is 0 Å². The van der Waals surface area contributed by atoms with Crippen molar-refractivity contribution in [1.82, 2.24) is 5.32 Å². The highest BCUT2D eigenvalue weighted by atomic mass is 35.5. The molecule has 2 aliphatic rings. The molecule has 1 saturated carbocycles. The maximum Gasteiger partial charge on any atom is 0.418 e. The minimum atomic E-state index is -4.68. The number of amidine groups is 1. The van der Waals surface area contributed by atoms with Gasteiger partial charge in [-0.2, -0.15) is 18.3 Å². The molecule has 2 fully saturated rings. The third-order valence-electron chi connectivity index (χ3n) is 4.42. The first kappa shape index (κ1) is 21.6. The van der Waals surface area contributed by atoms with E-state index in [9.17, 15) is 22.8 Å². The molecule has 0 bridgehead atoms. The van der Waals surface area contributed by atoms with E-state index in [4.69, 9.17) is 11.6 Å². The highest BCUT2D eigenvalue weighted by molar-refractivity contribution is 8.15. The molecule has 1 aromatic carbocycles. The van der Waals surface area contributed by atoms with Gasteiger partial charge in [-0.15, -0.1) is 5.10 Å². The zero-order valence-corrected chi connectivity index (χ0v) is 16.8. The van der Waals surface area contributed by atoms with Crippen molar-refractivity contribution in [3.8, 4) is 0 Å². The Morgan fingerprint density at radius 2 is 1.97 bits per heavy atom. The van der Waals surface area contributed by atoms with Crippen molar-refractivity contribution < 1.29 is 22.8 Å². The van der Waals surface area contributed by atoms with Crippen molar-refractivity contribution in [3.63, 3.8) is 0 Å². The predicted octanol–water partition coefficient (Wildman–Crippen LogP) is 4.60. The summed E-state index contributed by atoms with van der Waals surface area (Å²) in [5.74, 6) is -1.15. The Labute approximate surface area is 174 Å². The number of amides is 2. The van der Waals surface area contributed by atoms with Crippen molar-refractivity contribution in [3.05, 3.63) is 28.8 Å². The van der Waals surface area contributed by atoms with Gasteiger partial charge in [0.1, 0.15) is 5.25 Å². The summed E-state index contributed by atoms with van der Waals surface area (Å²) in [6.07, 6.45) is 0.0833. The molecular weight excluding hydrogens is 429 g/mol. The lowest BCUT2D eigenvalue weighted by molar-refractivity contribution is -0.137. The van der Waals surface area contributed by atoms with Gasteiger partial charge in [-0.3, -0.25) is 9.59 Å². The van der Waals surface area contributed by atoms with E-state index < -0.39 is 34.5 Å². The Balaban J connectivity index is 1.62. The minimum Gasteiger partial charge on any atom is -0.325 e. The summed E-state index contributed by atoms with van der Waals surface area (Å²) in [7, 11) is 0. The number of hydrogen-bond acceptors (Lipinski definition) is 5. The Bertz CT molecular complexity index is 865. The first-order valence-corrected chi connectivity index (χ1v) is 10.3. The number of nitrogens with zero attached hydrogens (tertiary/aromatic N) is 2. The highest BCUT2D eigenvalue weighted by Gasteiger charge is 2.36. The van der Waals surface area contributed by atoms with Crippen molar-refractivity contribution in [2.24, 2.45) is 10.2 Å². The molecule has 2 N–H and O–H groups in total. The number of halogens is 4. The first-order chi connectivity index (χ1) is 13.7. The summed E-state index contributed by atoms with van der Waals surface area (Å²) >= 11 is 6.66. The topological polar surface area (TPSA) is 82.9 Å². The van der Waals surface area contributed by atoms with Crippen LogP contribution in [0.25, 0.3) is 0 Å². The molecule has 1 unspecified atom stereocenters. The molecule has 6 nitrogen and oxygen atoms in total. The second kappa shape index (κ2) is 9.17. The fourth-order valence-corrected chi connectivity index (χ4v) is 4.08. The molecule has 2 amide bonds. The third-order valence-corrected chi connectivity index (χ3v) is 5.73. The molecule has 11 heteroatoms. The first-order valence-electron chi connectivity index (χ1n) is 9.00. The molecule has 0 aromatic heterocycles. The van der Waals surface area contributed by atoms with Crippen LogP contribution < -0.4 is 10.6 Å². The molecule has 0 spiro atoms. The molecule has 0 radical (unpaired) electrons. The predicted molar refractivity (Wildman–Crippen MR) is 107 cm³/mol. The Morgan fingerprint density at radius 3 is 2.66 bits per heavy atom. The van der Waals surface area contributed by atoms with E-state index in [1.807, 2.05) is 0 Å². The van der Waals surface area contributed by atoms with Crippen LogP contribution in [-0.2, 0) is 15.8 Å². The Kier molecular flexibility index (Phi) is 6.84. The van der Waals surface area contributed by atoms with Crippen LogP contribution in [0.3, 0.4) is 0 Å². The second-order valence-electron chi connectivity index (χ2n) is 6.67. The standard InChI is InChI=1S/C18H18ClF3N4O2S/c19-10-6-7-13(12(8-10)18(20,21)22)23-15(27)9-14-16(28)24-17(29-14)26-25-11-4-2-1-3-5-11/h6-8,14H,1-5,9H2,(H,23,27)(H,24,26,28). The van der Waals surface area contributed by atoms with Crippen LogP contribution in [0, 0.1) is 0 Å². The Hall–Kier alpha value is -2.07. The quantitative estimate of drug-likeness (QED) is 0.663. The number of benzene rings is 1. The van der Waals surface area contributed by atoms with Crippen LogP contribution in [0.2, 0.25) is 5.02 Å². The fraction of sp³-hybridized carbons (Fsp3) is 0.444. The summed E-state index contributed by atoms with van der Waals surface area (Å²) in [5, 5.41) is 12.4. The lowest BCUT2D eigenvalue weighted by atomic mass is 9.99. The minimum absolute atomic E-state index is 0.0958. The molecule has 1 aliphatic heterocycles. The van der Waals surface area contributed by atoms with Gasteiger partial charge in [-0.05, 0) is 43.9 Å². The monoisotopic (exact) mass is 446 g/mol. The number of anilines is 1. The third kappa shape index (κ3) is 5.96. The molecule has 3 rings (SSSR count). The normalized spacial score (nSPS) is 21.2. The molecule has 1 aliphatic carbocycles. The van der Waals surface area contributed by atoms with Crippen LogP contribution in [-0.4, -0.2) is 27.9 Å². The van der Waals surface area contributed by atoms with Crippen molar-refractivity contribution in [2.45, 2.75) is 50.0 Å². The summed E-state index contributed by atoms with van der Waals surface area (Å²) in [6.45, 7) is 0. The number of alkyl halides is 3. The highest BCUT2D eigenvalue weighted by Crippen LogP contribution is 2.36. The number of hydrogen-bond donors (Lipinski definition) is 2. The summed E-state index contributed by atoms with van der Waals surface area (Å²) in [6, 6.07) is 3.07. The number of thioether (sulfide) groups is 1. The van der Waals surface area contributed by atoms with E-state index in [-0.39, 0.29) is 16.6 Å². The average Bonchev–Trinajstić information content (AvgIpc) is 3.01. The maximum atomic E-state index is 13.1. The van der Waals surface area contributed by atoms with Gasteiger partial charge in [-0.25, -0.2) is 0 Å². The average molecular weight is 447 g/mol. The van der Waals surface area contributed by atoms with E-state index >= 15 is 0 Å². The van der Waals surface area contributed by atoms with E-state index in [0.717, 1.165) is 55.3 Å². The maximum absolute atomic E-state index is 13.1. The SMILES string of the molecule is O=C(CC1SC(=NN=C2CCCCC2)NC1=O)Nc1ccc(Cl)cc1C(F)(F)F. The largest absolute Gasteiger partial charge is 0.418 e. The second-order valence-corrected chi connectivity index (χ2v) is 8.30. The molecular formula is C18H18ClF3N4O2S. The molecule has 1 saturated heterocycles. The fourth-order valence-electron chi connectivity index (χ4n) is 2.99. The summed E-state index contributed by atoms with van der Waals surface area (Å²) in [5.41, 5.74) is -0.484. The molecule has 29 heavy (non-hydrogen) atoms. The van der Waals surface area contributed by atoms with Gasteiger partial charge in [0.2, 0.25) is 11.8 Å². The molecule has 1 heterocycles.